The lowest BCUT2D eigenvalue weighted by Gasteiger charge is -2.22. The van der Waals surface area contributed by atoms with Crippen molar-refractivity contribution in [3.05, 3.63) is 59.9 Å². The van der Waals surface area contributed by atoms with Crippen molar-refractivity contribution < 1.29 is 17.6 Å². The van der Waals surface area contributed by atoms with E-state index in [0.29, 0.717) is 15.6 Å². The Morgan fingerprint density at radius 1 is 1.21 bits per heavy atom. The maximum Gasteiger partial charge on any atom is 0.245 e. The first-order chi connectivity index (χ1) is 11.3. The van der Waals surface area contributed by atoms with Crippen LogP contribution in [0.3, 0.4) is 0 Å². The van der Waals surface area contributed by atoms with Gasteiger partial charge in [0.15, 0.2) is 0 Å². The molecule has 0 radical (unpaired) electrons. The second kappa shape index (κ2) is 7.10. The van der Waals surface area contributed by atoms with E-state index in [1.54, 1.807) is 0 Å². The molecule has 0 aliphatic rings. The van der Waals surface area contributed by atoms with Crippen molar-refractivity contribution in [2.75, 3.05) is 22.4 Å². The molecule has 6 nitrogen and oxygen atoms in total. The number of rotatable bonds is 5. The molecule has 8 heteroatoms. The molecule has 0 aliphatic carbocycles. The maximum absolute atomic E-state index is 13.9. The summed E-state index contributed by atoms with van der Waals surface area (Å²) in [5.41, 5.74) is 0.632. The number of para-hydroxylation sites is 1. The standard InChI is InChI=1S/C16H14FN3O3S/c1-24(22,23)20(15-5-3-2-4-14(15)17)11-16(21)19-13-8-6-12(10-18)7-9-13/h2-9H,11H2,1H3,(H,19,21). The van der Waals surface area contributed by atoms with Crippen LogP contribution in [0.2, 0.25) is 0 Å². The van der Waals surface area contributed by atoms with E-state index in [-0.39, 0.29) is 5.69 Å². The number of sulfonamides is 1. The number of hydrogen-bond donors (Lipinski definition) is 1. The van der Waals surface area contributed by atoms with Gasteiger partial charge in [-0.25, -0.2) is 12.8 Å². The zero-order valence-corrected chi connectivity index (χ0v) is 13.5. The predicted octanol–water partition coefficient (Wildman–Crippen LogP) is 2.10. The van der Waals surface area contributed by atoms with E-state index < -0.39 is 28.3 Å². The number of hydrogen-bond acceptors (Lipinski definition) is 4. The van der Waals surface area contributed by atoms with Crippen molar-refractivity contribution in [1.29, 1.82) is 5.26 Å². The van der Waals surface area contributed by atoms with Crippen molar-refractivity contribution in [3.63, 3.8) is 0 Å². The smallest absolute Gasteiger partial charge is 0.245 e. The molecule has 124 valence electrons. The zero-order valence-electron chi connectivity index (χ0n) is 12.7. The molecule has 0 aliphatic heterocycles. The number of halogens is 1. The van der Waals surface area contributed by atoms with Crippen LogP contribution in [-0.2, 0) is 14.8 Å². The Morgan fingerprint density at radius 3 is 2.38 bits per heavy atom. The number of nitriles is 1. The summed E-state index contributed by atoms with van der Waals surface area (Å²) >= 11 is 0. The molecular weight excluding hydrogens is 333 g/mol. The lowest BCUT2D eigenvalue weighted by molar-refractivity contribution is -0.114. The van der Waals surface area contributed by atoms with E-state index in [2.05, 4.69) is 5.32 Å². The molecule has 0 bridgehead atoms. The normalized spacial score (nSPS) is 10.7. The Kier molecular flexibility index (Phi) is 5.16. The van der Waals surface area contributed by atoms with Crippen LogP contribution in [-0.4, -0.2) is 27.1 Å². The second-order valence-corrected chi connectivity index (χ2v) is 6.87. The van der Waals surface area contributed by atoms with E-state index in [4.69, 9.17) is 5.26 Å². The third kappa shape index (κ3) is 4.30. The van der Waals surface area contributed by atoms with E-state index in [9.17, 15) is 17.6 Å². The SMILES string of the molecule is CS(=O)(=O)N(CC(=O)Nc1ccc(C#N)cc1)c1ccccc1F. The highest BCUT2D eigenvalue weighted by Gasteiger charge is 2.23. The van der Waals surface area contributed by atoms with Gasteiger partial charge in [-0.1, -0.05) is 12.1 Å². The van der Waals surface area contributed by atoms with Crippen molar-refractivity contribution in [2.24, 2.45) is 0 Å². The molecule has 2 aromatic rings. The van der Waals surface area contributed by atoms with Gasteiger partial charge in [-0.05, 0) is 36.4 Å². The molecule has 0 unspecified atom stereocenters. The summed E-state index contributed by atoms with van der Waals surface area (Å²) < 4.78 is 38.4. The molecule has 1 amide bonds. The molecule has 0 saturated heterocycles. The number of amides is 1. The third-order valence-corrected chi connectivity index (χ3v) is 4.23. The molecule has 1 N–H and O–H groups in total. The average Bonchev–Trinajstić information content (AvgIpc) is 2.53. The van der Waals surface area contributed by atoms with Crippen LogP contribution in [0.15, 0.2) is 48.5 Å². The van der Waals surface area contributed by atoms with Crippen molar-refractivity contribution in [3.8, 4) is 6.07 Å². The third-order valence-electron chi connectivity index (χ3n) is 3.11. The molecule has 0 atom stereocenters. The predicted molar refractivity (Wildman–Crippen MR) is 88.4 cm³/mol. The Balaban J connectivity index is 2.19. The van der Waals surface area contributed by atoms with Gasteiger partial charge in [0.05, 0.1) is 23.6 Å². The molecule has 0 fully saturated rings. The van der Waals surface area contributed by atoms with Crippen LogP contribution in [0.4, 0.5) is 15.8 Å². The highest BCUT2D eigenvalue weighted by Crippen LogP contribution is 2.21. The van der Waals surface area contributed by atoms with Gasteiger partial charge in [-0.3, -0.25) is 9.10 Å². The first-order valence-corrected chi connectivity index (χ1v) is 8.68. The van der Waals surface area contributed by atoms with Gasteiger partial charge in [-0.15, -0.1) is 0 Å². The van der Waals surface area contributed by atoms with Crippen molar-refractivity contribution >= 4 is 27.3 Å². The lowest BCUT2D eigenvalue weighted by Crippen LogP contribution is -2.38. The number of anilines is 2. The van der Waals surface area contributed by atoms with E-state index in [1.807, 2.05) is 6.07 Å². The molecule has 0 aromatic heterocycles. The summed E-state index contributed by atoms with van der Waals surface area (Å²) in [6.45, 7) is -0.570. The lowest BCUT2D eigenvalue weighted by atomic mass is 10.2. The highest BCUT2D eigenvalue weighted by molar-refractivity contribution is 7.92. The zero-order chi connectivity index (χ0) is 17.7. The summed E-state index contributed by atoms with van der Waals surface area (Å²) in [7, 11) is -3.85. The first-order valence-electron chi connectivity index (χ1n) is 6.83. The summed E-state index contributed by atoms with van der Waals surface area (Å²) in [5.74, 6) is -1.37. The van der Waals surface area contributed by atoms with Gasteiger partial charge < -0.3 is 5.32 Å². The number of nitrogens with one attached hydrogen (secondary N) is 1. The van der Waals surface area contributed by atoms with Gasteiger partial charge in [0.25, 0.3) is 0 Å². The fourth-order valence-corrected chi connectivity index (χ4v) is 2.85. The molecule has 0 heterocycles. The number of carbonyl (C=O) groups is 1. The number of benzene rings is 2. The Morgan fingerprint density at radius 2 is 1.83 bits per heavy atom. The quantitative estimate of drug-likeness (QED) is 0.897. The van der Waals surface area contributed by atoms with Gasteiger partial charge in [-0.2, -0.15) is 5.26 Å². The van der Waals surface area contributed by atoms with E-state index in [1.165, 1.54) is 42.5 Å². The molecular formula is C16H14FN3O3S. The number of carbonyl (C=O) groups excluding carboxylic acids is 1. The van der Waals surface area contributed by atoms with Crippen molar-refractivity contribution in [2.45, 2.75) is 0 Å². The number of nitrogens with zero attached hydrogens (tertiary/aromatic N) is 2. The van der Waals surface area contributed by atoms with Crippen LogP contribution >= 0.6 is 0 Å². The molecule has 24 heavy (non-hydrogen) atoms. The second-order valence-electron chi connectivity index (χ2n) is 4.96. The summed E-state index contributed by atoms with van der Waals surface area (Å²) in [4.78, 5) is 12.1. The van der Waals surface area contributed by atoms with Gasteiger partial charge in [0.2, 0.25) is 15.9 Å². The van der Waals surface area contributed by atoms with Gasteiger partial charge in [0, 0.05) is 5.69 Å². The van der Waals surface area contributed by atoms with Crippen LogP contribution < -0.4 is 9.62 Å². The average molecular weight is 347 g/mol. The fraction of sp³-hybridized carbons (Fsp3) is 0.125. The molecule has 2 aromatic carbocycles. The van der Waals surface area contributed by atoms with E-state index >= 15 is 0 Å². The minimum absolute atomic E-state index is 0.199. The van der Waals surface area contributed by atoms with Crippen LogP contribution in [0, 0.1) is 17.1 Å². The van der Waals surface area contributed by atoms with Crippen LogP contribution in [0.1, 0.15) is 5.56 Å². The Labute approximate surface area is 139 Å². The molecule has 2 rings (SSSR count). The van der Waals surface area contributed by atoms with Crippen molar-refractivity contribution in [1.82, 2.24) is 0 Å². The Bertz CT molecular complexity index is 890. The topological polar surface area (TPSA) is 90.3 Å². The maximum atomic E-state index is 13.9. The Hall–Kier alpha value is -2.92. The van der Waals surface area contributed by atoms with E-state index in [0.717, 1.165) is 12.3 Å². The van der Waals surface area contributed by atoms with Crippen LogP contribution in [0.25, 0.3) is 0 Å². The van der Waals surface area contributed by atoms with Crippen LogP contribution in [0.5, 0.6) is 0 Å². The first kappa shape index (κ1) is 17.4. The summed E-state index contributed by atoms with van der Waals surface area (Å²) in [5, 5.41) is 11.2. The fourth-order valence-electron chi connectivity index (χ4n) is 1.99. The minimum atomic E-state index is -3.85. The largest absolute Gasteiger partial charge is 0.325 e. The summed E-state index contributed by atoms with van der Waals surface area (Å²) in [6.07, 6.45) is 0.897. The molecule has 0 saturated carbocycles. The van der Waals surface area contributed by atoms with Gasteiger partial charge >= 0.3 is 0 Å². The summed E-state index contributed by atoms with van der Waals surface area (Å²) in [6, 6.07) is 13.3. The van der Waals surface area contributed by atoms with Gasteiger partial charge in [0.1, 0.15) is 12.4 Å². The monoisotopic (exact) mass is 347 g/mol. The highest BCUT2D eigenvalue weighted by atomic mass is 32.2. The minimum Gasteiger partial charge on any atom is -0.325 e. The molecule has 0 spiro atoms.